The van der Waals surface area contributed by atoms with Crippen LogP contribution < -0.4 is 0 Å². The van der Waals surface area contributed by atoms with Gasteiger partial charge in [-0.15, -0.1) is 0 Å². The number of carbonyl (C=O) groups is 2. The van der Waals surface area contributed by atoms with Crippen LogP contribution in [0.25, 0.3) is 0 Å². The Morgan fingerprint density at radius 2 is 1.62 bits per heavy atom. The molecule has 2 atom stereocenters. The summed E-state index contributed by atoms with van der Waals surface area (Å²) in [6.07, 6.45) is 0.000620. The molecule has 0 spiro atoms. The number of ketones is 1. The van der Waals surface area contributed by atoms with E-state index in [1.165, 1.54) is 0 Å². The predicted octanol–water partition coefficient (Wildman–Crippen LogP) is 2.75. The van der Waals surface area contributed by atoms with Crippen molar-refractivity contribution in [2.24, 2.45) is 5.92 Å². The largest absolute Gasteiger partial charge is 0.463 e. The Hall–Kier alpha value is -0.940. The first kappa shape index (κ1) is 20.1. The van der Waals surface area contributed by atoms with Crippen LogP contribution in [-0.4, -0.2) is 42.8 Å². The third-order valence-corrected chi connectivity index (χ3v) is 3.26. The summed E-state index contributed by atoms with van der Waals surface area (Å²) in [6.45, 7) is 13.0. The average molecular weight is 302 g/mol. The lowest BCUT2D eigenvalue weighted by Crippen LogP contribution is -2.45. The highest BCUT2D eigenvalue weighted by Gasteiger charge is 2.36. The van der Waals surface area contributed by atoms with Crippen molar-refractivity contribution >= 4 is 11.8 Å². The summed E-state index contributed by atoms with van der Waals surface area (Å²) in [7, 11) is 0. The van der Waals surface area contributed by atoms with Gasteiger partial charge in [0.05, 0.1) is 18.6 Å². The van der Waals surface area contributed by atoms with E-state index in [9.17, 15) is 9.59 Å². The summed E-state index contributed by atoms with van der Waals surface area (Å²) in [5.74, 6) is -0.517. The molecule has 0 radical (unpaired) electrons. The lowest BCUT2D eigenvalue weighted by Gasteiger charge is -2.30. The van der Waals surface area contributed by atoms with Crippen LogP contribution in [0.1, 0.15) is 54.9 Å². The van der Waals surface area contributed by atoms with Crippen molar-refractivity contribution in [3.63, 3.8) is 0 Å². The molecular formula is C16H30O5. The minimum atomic E-state index is -0.918. The Morgan fingerprint density at radius 3 is 2.05 bits per heavy atom. The highest BCUT2D eigenvalue weighted by molar-refractivity contribution is 5.90. The second-order valence-corrected chi connectivity index (χ2v) is 5.95. The van der Waals surface area contributed by atoms with Gasteiger partial charge in [-0.05, 0) is 34.1 Å². The molecule has 0 aromatic carbocycles. The van der Waals surface area contributed by atoms with E-state index >= 15 is 0 Å². The van der Waals surface area contributed by atoms with Crippen molar-refractivity contribution in [2.45, 2.75) is 72.7 Å². The second-order valence-electron chi connectivity index (χ2n) is 5.95. The van der Waals surface area contributed by atoms with Gasteiger partial charge >= 0.3 is 5.97 Å². The zero-order valence-corrected chi connectivity index (χ0v) is 14.4. The number of rotatable bonds is 10. The van der Waals surface area contributed by atoms with E-state index in [1.807, 2.05) is 20.8 Å². The monoisotopic (exact) mass is 302 g/mol. The maximum atomic E-state index is 12.4. The fourth-order valence-corrected chi connectivity index (χ4v) is 1.82. The highest BCUT2D eigenvalue weighted by atomic mass is 16.6. The van der Waals surface area contributed by atoms with E-state index in [1.54, 1.807) is 27.7 Å². The summed E-state index contributed by atoms with van der Waals surface area (Å²) in [4.78, 5) is 23.7. The third kappa shape index (κ3) is 7.05. The minimum Gasteiger partial charge on any atom is -0.463 e. The standard InChI is InChI=1S/C16H30O5/c1-8-16(7,14(17)13(6)21-12(4)5)20-10-9-19-15(18)11(2)3/h11-13H,8-10H2,1-7H3. The molecule has 0 aliphatic heterocycles. The van der Waals surface area contributed by atoms with Gasteiger partial charge in [0.2, 0.25) is 0 Å². The first-order valence-corrected chi connectivity index (χ1v) is 7.64. The molecule has 0 aromatic heterocycles. The molecule has 0 aliphatic carbocycles. The van der Waals surface area contributed by atoms with Gasteiger partial charge < -0.3 is 14.2 Å². The lowest BCUT2D eigenvalue weighted by atomic mass is 9.94. The molecule has 0 fully saturated rings. The van der Waals surface area contributed by atoms with Crippen molar-refractivity contribution in [1.29, 1.82) is 0 Å². The quantitative estimate of drug-likeness (QED) is 0.459. The van der Waals surface area contributed by atoms with Crippen LogP contribution in [0.5, 0.6) is 0 Å². The zero-order chi connectivity index (χ0) is 16.6. The van der Waals surface area contributed by atoms with Crippen LogP contribution in [0, 0.1) is 5.92 Å². The Labute approximate surface area is 128 Å². The molecule has 0 aliphatic rings. The molecule has 5 heteroatoms. The van der Waals surface area contributed by atoms with Crippen molar-refractivity contribution in [3.05, 3.63) is 0 Å². The maximum Gasteiger partial charge on any atom is 0.308 e. The molecule has 2 unspecified atom stereocenters. The number of Topliss-reactive ketones (excluding diaryl/α,β-unsaturated/α-hetero) is 1. The first-order valence-electron chi connectivity index (χ1n) is 7.64. The Bertz CT molecular complexity index is 338. The van der Waals surface area contributed by atoms with Crippen LogP contribution in [0.4, 0.5) is 0 Å². The summed E-state index contributed by atoms with van der Waals surface area (Å²) >= 11 is 0. The SMILES string of the molecule is CCC(C)(OCCOC(=O)C(C)C)C(=O)C(C)OC(C)C. The fraction of sp³-hybridized carbons (Fsp3) is 0.875. The van der Waals surface area contributed by atoms with Crippen LogP contribution in [0.2, 0.25) is 0 Å². The van der Waals surface area contributed by atoms with E-state index < -0.39 is 11.7 Å². The Kier molecular flexibility index (Phi) is 8.74. The number of ether oxygens (including phenoxy) is 3. The maximum absolute atomic E-state index is 12.4. The Balaban J connectivity index is 4.39. The summed E-state index contributed by atoms with van der Waals surface area (Å²) in [5, 5.41) is 0. The zero-order valence-electron chi connectivity index (χ0n) is 14.4. The molecule has 5 nitrogen and oxygen atoms in total. The topological polar surface area (TPSA) is 61.8 Å². The van der Waals surface area contributed by atoms with Crippen LogP contribution in [0.3, 0.4) is 0 Å². The summed E-state index contributed by atoms with van der Waals surface area (Å²) in [6, 6.07) is 0. The molecule has 0 bridgehead atoms. The smallest absolute Gasteiger partial charge is 0.308 e. The Morgan fingerprint density at radius 1 is 1.05 bits per heavy atom. The predicted molar refractivity (Wildman–Crippen MR) is 81.1 cm³/mol. The van der Waals surface area contributed by atoms with Crippen molar-refractivity contribution in [2.75, 3.05) is 13.2 Å². The normalized spacial score (nSPS) is 15.9. The number of esters is 1. The molecule has 21 heavy (non-hydrogen) atoms. The van der Waals surface area contributed by atoms with Crippen molar-refractivity contribution in [3.8, 4) is 0 Å². The van der Waals surface area contributed by atoms with Gasteiger partial charge in [0, 0.05) is 0 Å². The van der Waals surface area contributed by atoms with Gasteiger partial charge in [0.15, 0.2) is 5.78 Å². The van der Waals surface area contributed by atoms with E-state index in [0.717, 1.165) is 0 Å². The van der Waals surface area contributed by atoms with Gasteiger partial charge in [-0.25, -0.2) is 0 Å². The fourth-order valence-electron chi connectivity index (χ4n) is 1.82. The summed E-state index contributed by atoms with van der Waals surface area (Å²) < 4.78 is 16.2. The first-order chi connectivity index (χ1) is 9.64. The minimum absolute atomic E-state index is 0.0166. The molecule has 0 N–H and O–H groups in total. The average Bonchev–Trinajstić information content (AvgIpc) is 2.41. The molecule has 0 rings (SSSR count). The van der Waals surface area contributed by atoms with E-state index in [0.29, 0.717) is 6.42 Å². The third-order valence-electron chi connectivity index (χ3n) is 3.26. The van der Waals surface area contributed by atoms with E-state index in [2.05, 4.69) is 0 Å². The molecule has 0 saturated heterocycles. The van der Waals surface area contributed by atoms with E-state index in [-0.39, 0.29) is 37.0 Å². The van der Waals surface area contributed by atoms with Crippen molar-refractivity contribution in [1.82, 2.24) is 0 Å². The second kappa shape index (κ2) is 9.15. The number of hydrogen-bond acceptors (Lipinski definition) is 5. The van der Waals surface area contributed by atoms with Crippen LogP contribution in [0.15, 0.2) is 0 Å². The summed E-state index contributed by atoms with van der Waals surface area (Å²) in [5.41, 5.74) is -0.918. The van der Waals surface area contributed by atoms with Crippen LogP contribution in [-0.2, 0) is 23.8 Å². The number of hydrogen-bond donors (Lipinski definition) is 0. The van der Waals surface area contributed by atoms with Gasteiger partial charge in [0.1, 0.15) is 18.3 Å². The molecule has 0 saturated carbocycles. The van der Waals surface area contributed by atoms with Gasteiger partial charge in [0.25, 0.3) is 0 Å². The van der Waals surface area contributed by atoms with Crippen molar-refractivity contribution < 1.29 is 23.8 Å². The van der Waals surface area contributed by atoms with E-state index in [4.69, 9.17) is 14.2 Å². The molecule has 0 amide bonds. The van der Waals surface area contributed by atoms with Gasteiger partial charge in [-0.2, -0.15) is 0 Å². The lowest BCUT2D eigenvalue weighted by molar-refractivity contribution is -0.161. The molecule has 0 heterocycles. The van der Waals surface area contributed by atoms with Gasteiger partial charge in [-0.1, -0.05) is 20.8 Å². The molecule has 124 valence electrons. The molecular weight excluding hydrogens is 272 g/mol. The molecule has 0 aromatic rings. The van der Waals surface area contributed by atoms with Gasteiger partial charge in [-0.3, -0.25) is 9.59 Å². The highest BCUT2D eigenvalue weighted by Crippen LogP contribution is 2.20. The van der Waals surface area contributed by atoms with Crippen LogP contribution >= 0.6 is 0 Å². The number of carbonyl (C=O) groups excluding carboxylic acids is 2.